The van der Waals surface area contributed by atoms with Gasteiger partial charge in [-0.2, -0.15) is 0 Å². The lowest BCUT2D eigenvalue weighted by Gasteiger charge is -2.03. The van der Waals surface area contributed by atoms with Crippen LogP contribution in [0.15, 0.2) is 28.8 Å². The Hall–Kier alpha value is -2.05. The third-order valence-electron chi connectivity index (χ3n) is 2.13. The number of anilines is 1. The van der Waals surface area contributed by atoms with Crippen molar-refractivity contribution < 1.29 is 19.2 Å². The molecule has 1 heterocycles. The maximum atomic E-state index is 11.7. The number of hydrogen-bond donors (Lipinski definition) is 2. The molecule has 6 nitrogen and oxygen atoms in total. The summed E-state index contributed by atoms with van der Waals surface area (Å²) in [4.78, 5) is 22.3. The molecule has 0 aliphatic carbocycles. The highest BCUT2D eigenvalue weighted by Gasteiger charge is 2.16. The molecule has 0 aliphatic rings. The number of carboxylic acid groups (broad SMARTS) is 1. The lowest BCUT2D eigenvalue weighted by atomic mass is 10.3. The fraction of sp³-hybridized carbons (Fsp3) is 0. The molecule has 0 fully saturated rings. The standard InChI is InChI=1S/C11H6Cl2N2O4/c12-6-2-1-5(3-7(6)13)14-10(16)8-4-9(11(17)18)19-15-8/h1-4H,(H,14,16)(H,17,18). The van der Waals surface area contributed by atoms with Gasteiger partial charge >= 0.3 is 5.97 Å². The molecular weight excluding hydrogens is 295 g/mol. The predicted molar refractivity (Wildman–Crippen MR) is 67.9 cm³/mol. The van der Waals surface area contributed by atoms with Crippen LogP contribution in [-0.2, 0) is 0 Å². The molecule has 1 aromatic carbocycles. The monoisotopic (exact) mass is 300 g/mol. The summed E-state index contributed by atoms with van der Waals surface area (Å²) in [7, 11) is 0. The summed E-state index contributed by atoms with van der Waals surface area (Å²) in [6, 6.07) is 5.55. The Balaban J connectivity index is 2.15. The largest absolute Gasteiger partial charge is 0.475 e. The van der Waals surface area contributed by atoms with Gasteiger partial charge in [0.1, 0.15) is 0 Å². The molecule has 2 aromatic rings. The molecule has 2 rings (SSSR count). The molecule has 19 heavy (non-hydrogen) atoms. The zero-order valence-electron chi connectivity index (χ0n) is 9.18. The number of carbonyl (C=O) groups is 2. The van der Waals surface area contributed by atoms with Crippen molar-refractivity contribution in [2.24, 2.45) is 0 Å². The molecule has 1 aromatic heterocycles. The second-order valence-corrected chi connectivity index (χ2v) is 4.28. The minimum atomic E-state index is -1.30. The number of hydrogen-bond acceptors (Lipinski definition) is 4. The Morgan fingerprint density at radius 1 is 1.21 bits per heavy atom. The minimum Gasteiger partial charge on any atom is -0.475 e. The summed E-state index contributed by atoms with van der Waals surface area (Å²) < 4.78 is 4.47. The number of carbonyl (C=O) groups excluding carboxylic acids is 1. The SMILES string of the molecule is O=C(Nc1ccc(Cl)c(Cl)c1)c1cc(C(=O)O)on1. The molecule has 0 bridgehead atoms. The lowest BCUT2D eigenvalue weighted by molar-refractivity contribution is 0.0651. The number of aromatic carboxylic acids is 1. The van der Waals surface area contributed by atoms with E-state index < -0.39 is 17.6 Å². The van der Waals surface area contributed by atoms with E-state index in [4.69, 9.17) is 28.3 Å². The third-order valence-corrected chi connectivity index (χ3v) is 2.87. The Kier molecular flexibility index (Phi) is 3.73. The molecule has 0 saturated heterocycles. The highest BCUT2D eigenvalue weighted by Crippen LogP contribution is 2.25. The molecule has 1 amide bonds. The number of nitrogens with zero attached hydrogens (tertiary/aromatic N) is 1. The third kappa shape index (κ3) is 3.04. The number of benzene rings is 1. The van der Waals surface area contributed by atoms with E-state index in [-0.39, 0.29) is 10.7 Å². The van der Waals surface area contributed by atoms with Gasteiger partial charge in [-0.3, -0.25) is 4.79 Å². The Bertz CT molecular complexity index is 654. The number of rotatable bonds is 3. The van der Waals surface area contributed by atoms with Crippen molar-refractivity contribution in [3.8, 4) is 0 Å². The summed E-state index contributed by atoms with van der Waals surface area (Å²) in [6.45, 7) is 0. The molecule has 98 valence electrons. The van der Waals surface area contributed by atoms with Gasteiger partial charge in [-0.05, 0) is 18.2 Å². The quantitative estimate of drug-likeness (QED) is 0.909. The summed E-state index contributed by atoms with van der Waals surface area (Å²) in [5, 5.41) is 15.1. The first-order valence-corrected chi connectivity index (χ1v) is 5.69. The van der Waals surface area contributed by atoms with Crippen molar-refractivity contribution in [1.29, 1.82) is 0 Å². The molecule has 0 radical (unpaired) electrons. The zero-order chi connectivity index (χ0) is 14.0. The summed E-state index contributed by atoms with van der Waals surface area (Å²) in [5.41, 5.74) is 0.253. The smallest absolute Gasteiger partial charge is 0.374 e. The van der Waals surface area contributed by atoms with E-state index >= 15 is 0 Å². The van der Waals surface area contributed by atoms with E-state index in [0.717, 1.165) is 6.07 Å². The minimum absolute atomic E-state index is 0.150. The van der Waals surface area contributed by atoms with E-state index in [9.17, 15) is 9.59 Å². The van der Waals surface area contributed by atoms with Crippen molar-refractivity contribution in [2.45, 2.75) is 0 Å². The van der Waals surface area contributed by atoms with Crippen molar-refractivity contribution in [2.75, 3.05) is 5.32 Å². The fourth-order valence-electron chi connectivity index (χ4n) is 1.25. The molecule has 8 heteroatoms. The van der Waals surface area contributed by atoms with Crippen LogP contribution in [0.4, 0.5) is 5.69 Å². The van der Waals surface area contributed by atoms with Gasteiger partial charge in [-0.1, -0.05) is 28.4 Å². The molecule has 0 unspecified atom stereocenters. The first kappa shape index (κ1) is 13.4. The number of amides is 1. The average Bonchev–Trinajstić information content (AvgIpc) is 2.83. The van der Waals surface area contributed by atoms with Crippen LogP contribution in [0.3, 0.4) is 0 Å². The van der Waals surface area contributed by atoms with Crippen molar-refractivity contribution in [3.63, 3.8) is 0 Å². The van der Waals surface area contributed by atoms with Gasteiger partial charge in [0.05, 0.1) is 10.0 Å². The summed E-state index contributed by atoms with van der Waals surface area (Å²) in [6.07, 6.45) is 0. The predicted octanol–water partition coefficient (Wildman–Crippen LogP) is 2.93. The van der Waals surface area contributed by atoms with Gasteiger partial charge in [0, 0.05) is 11.8 Å². The molecule has 0 spiro atoms. The van der Waals surface area contributed by atoms with Crippen LogP contribution in [0.25, 0.3) is 0 Å². The Morgan fingerprint density at radius 3 is 2.53 bits per heavy atom. The molecule has 2 N–H and O–H groups in total. The maximum absolute atomic E-state index is 11.7. The first-order valence-electron chi connectivity index (χ1n) is 4.94. The van der Waals surface area contributed by atoms with E-state index in [2.05, 4.69) is 15.0 Å². The van der Waals surface area contributed by atoms with Crippen LogP contribution >= 0.6 is 23.2 Å². The topological polar surface area (TPSA) is 92.4 Å². The van der Waals surface area contributed by atoms with E-state index in [1.165, 1.54) is 12.1 Å². The molecule has 0 atom stereocenters. The van der Waals surface area contributed by atoms with Crippen LogP contribution < -0.4 is 5.32 Å². The van der Waals surface area contributed by atoms with Crippen LogP contribution in [0.2, 0.25) is 10.0 Å². The average molecular weight is 301 g/mol. The maximum Gasteiger partial charge on any atom is 0.374 e. The fourth-order valence-corrected chi connectivity index (χ4v) is 1.55. The molecular formula is C11H6Cl2N2O4. The van der Waals surface area contributed by atoms with Crippen LogP contribution in [0.5, 0.6) is 0 Å². The van der Waals surface area contributed by atoms with Crippen molar-refractivity contribution in [1.82, 2.24) is 5.16 Å². The van der Waals surface area contributed by atoms with Crippen LogP contribution in [0, 0.1) is 0 Å². The second kappa shape index (κ2) is 5.29. The van der Waals surface area contributed by atoms with Gasteiger partial charge in [0.25, 0.3) is 5.91 Å². The van der Waals surface area contributed by atoms with Gasteiger partial charge in [0.2, 0.25) is 5.76 Å². The van der Waals surface area contributed by atoms with Crippen LogP contribution in [-0.4, -0.2) is 22.1 Å². The number of nitrogens with one attached hydrogen (secondary N) is 1. The Labute approximate surface area is 116 Å². The zero-order valence-corrected chi connectivity index (χ0v) is 10.7. The number of halogens is 2. The first-order chi connectivity index (χ1) is 8.97. The van der Waals surface area contributed by atoms with Gasteiger partial charge < -0.3 is 14.9 Å². The summed E-state index contributed by atoms with van der Waals surface area (Å²) in [5.74, 6) is -2.34. The van der Waals surface area contributed by atoms with Gasteiger partial charge in [-0.25, -0.2) is 4.79 Å². The Morgan fingerprint density at radius 2 is 1.95 bits per heavy atom. The molecule has 0 aliphatic heterocycles. The molecule has 0 saturated carbocycles. The number of aromatic nitrogens is 1. The van der Waals surface area contributed by atoms with Gasteiger partial charge in [0.15, 0.2) is 5.69 Å². The highest BCUT2D eigenvalue weighted by atomic mass is 35.5. The second-order valence-electron chi connectivity index (χ2n) is 3.46. The normalized spacial score (nSPS) is 10.2. The van der Waals surface area contributed by atoms with Crippen molar-refractivity contribution in [3.05, 3.63) is 45.8 Å². The lowest BCUT2D eigenvalue weighted by Crippen LogP contribution is -2.12. The highest BCUT2D eigenvalue weighted by molar-refractivity contribution is 6.42. The van der Waals surface area contributed by atoms with Crippen molar-refractivity contribution >= 4 is 40.8 Å². The van der Waals surface area contributed by atoms with E-state index in [0.29, 0.717) is 10.7 Å². The van der Waals surface area contributed by atoms with Crippen LogP contribution in [0.1, 0.15) is 21.0 Å². The number of carboxylic acids is 1. The van der Waals surface area contributed by atoms with Gasteiger partial charge in [-0.15, -0.1) is 0 Å². The van der Waals surface area contributed by atoms with E-state index in [1.54, 1.807) is 6.07 Å². The summed E-state index contributed by atoms with van der Waals surface area (Å²) >= 11 is 11.5. The van der Waals surface area contributed by atoms with E-state index in [1.807, 2.05) is 0 Å².